The maximum atomic E-state index is 10.1. The minimum atomic E-state index is 0.281. The fourth-order valence-corrected chi connectivity index (χ4v) is 3.23. The molecule has 0 aliphatic rings. The lowest BCUT2D eigenvalue weighted by Gasteiger charge is -2.09. The smallest absolute Gasteiger partial charge is 0.130 e. The summed E-state index contributed by atoms with van der Waals surface area (Å²) in [6, 6.07) is 19.3. The van der Waals surface area contributed by atoms with Crippen LogP contribution in [0.3, 0.4) is 0 Å². The summed E-state index contributed by atoms with van der Waals surface area (Å²) in [5.74, 6) is 0.281. The second-order valence-corrected chi connectivity index (χ2v) is 5.63. The van der Waals surface area contributed by atoms with E-state index < -0.39 is 0 Å². The number of hydrogen-bond donors (Lipinski definition) is 1. The largest absolute Gasteiger partial charge is 0.507 e. The summed E-state index contributed by atoms with van der Waals surface area (Å²) in [5.41, 5.74) is 0. The molecule has 0 aliphatic carbocycles. The fourth-order valence-electron chi connectivity index (χ4n) is 1.98. The lowest BCUT2D eigenvalue weighted by molar-refractivity contribution is 0.464. The van der Waals surface area contributed by atoms with Gasteiger partial charge in [0.2, 0.25) is 0 Å². The van der Waals surface area contributed by atoms with Crippen LogP contribution in [0.15, 0.2) is 70.5 Å². The van der Waals surface area contributed by atoms with Crippen LogP contribution in [0.5, 0.6) is 5.75 Å². The highest BCUT2D eigenvalue weighted by molar-refractivity contribution is 7.99. The molecule has 0 atom stereocenters. The van der Waals surface area contributed by atoms with Crippen molar-refractivity contribution in [3.63, 3.8) is 0 Å². The third-order valence-electron chi connectivity index (χ3n) is 2.91. The number of benzene rings is 3. The van der Waals surface area contributed by atoms with Crippen molar-refractivity contribution in [2.45, 2.75) is 9.79 Å². The molecule has 3 heteroatoms. The van der Waals surface area contributed by atoms with Crippen molar-refractivity contribution in [2.24, 2.45) is 0 Å². The quantitative estimate of drug-likeness (QED) is 0.685. The van der Waals surface area contributed by atoms with Gasteiger partial charge in [-0.3, -0.25) is 0 Å². The zero-order valence-electron chi connectivity index (χ0n) is 10.0. The average Bonchev–Trinajstić information content (AvgIpc) is 2.44. The summed E-state index contributed by atoms with van der Waals surface area (Å²) in [7, 11) is 0. The van der Waals surface area contributed by atoms with Gasteiger partial charge >= 0.3 is 0 Å². The zero-order chi connectivity index (χ0) is 13.2. The lowest BCUT2D eigenvalue weighted by Crippen LogP contribution is -1.80. The standard InChI is InChI=1S/C16H11ClOS/c17-13-7-3-4-8-15(13)19-16-12-6-2-1-5-11(12)9-10-14(16)18/h1-10,18H. The molecule has 94 valence electrons. The Labute approximate surface area is 120 Å². The topological polar surface area (TPSA) is 20.2 Å². The Morgan fingerprint density at radius 3 is 2.42 bits per heavy atom. The molecule has 1 N–H and O–H groups in total. The molecule has 3 aromatic carbocycles. The molecule has 19 heavy (non-hydrogen) atoms. The van der Waals surface area contributed by atoms with Crippen LogP contribution >= 0.6 is 23.4 Å². The van der Waals surface area contributed by atoms with Crippen LogP contribution in [0, 0.1) is 0 Å². The first-order valence-corrected chi connectivity index (χ1v) is 7.08. The van der Waals surface area contributed by atoms with Gasteiger partial charge in [0.15, 0.2) is 0 Å². The van der Waals surface area contributed by atoms with Crippen molar-refractivity contribution in [1.82, 2.24) is 0 Å². The molecule has 0 aromatic heterocycles. The van der Waals surface area contributed by atoms with Gasteiger partial charge in [-0.05, 0) is 29.0 Å². The molecule has 0 radical (unpaired) electrons. The summed E-state index contributed by atoms with van der Waals surface area (Å²) in [6.45, 7) is 0. The van der Waals surface area contributed by atoms with E-state index in [9.17, 15) is 5.11 Å². The number of aromatic hydroxyl groups is 1. The number of halogens is 1. The number of phenolic OH excluding ortho intramolecular Hbond substituents is 1. The van der Waals surface area contributed by atoms with Crippen molar-refractivity contribution in [3.05, 3.63) is 65.7 Å². The van der Waals surface area contributed by atoms with Crippen molar-refractivity contribution in [3.8, 4) is 5.75 Å². The van der Waals surface area contributed by atoms with E-state index in [4.69, 9.17) is 11.6 Å². The van der Waals surface area contributed by atoms with Crippen LogP contribution < -0.4 is 0 Å². The van der Waals surface area contributed by atoms with Crippen LogP contribution in [0.1, 0.15) is 0 Å². The van der Waals surface area contributed by atoms with Gasteiger partial charge in [-0.2, -0.15) is 0 Å². The lowest BCUT2D eigenvalue weighted by atomic mass is 10.1. The third-order valence-corrected chi connectivity index (χ3v) is 4.56. The van der Waals surface area contributed by atoms with E-state index in [1.165, 1.54) is 11.8 Å². The molecule has 0 amide bonds. The third kappa shape index (κ3) is 2.42. The summed E-state index contributed by atoms with van der Waals surface area (Å²) in [6.07, 6.45) is 0. The molecule has 0 bridgehead atoms. The van der Waals surface area contributed by atoms with Crippen LogP contribution in [0.25, 0.3) is 10.8 Å². The highest BCUT2D eigenvalue weighted by Crippen LogP contribution is 2.41. The number of rotatable bonds is 2. The molecule has 0 spiro atoms. The van der Waals surface area contributed by atoms with Gasteiger partial charge in [0, 0.05) is 4.90 Å². The van der Waals surface area contributed by atoms with Crippen LogP contribution in [0.2, 0.25) is 5.02 Å². The number of hydrogen-bond acceptors (Lipinski definition) is 2. The monoisotopic (exact) mass is 286 g/mol. The van der Waals surface area contributed by atoms with E-state index >= 15 is 0 Å². The SMILES string of the molecule is Oc1ccc2ccccc2c1Sc1ccccc1Cl. The van der Waals surface area contributed by atoms with Gasteiger partial charge in [0.25, 0.3) is 0 Å². The molecular formula is C16H11ClOS. The molecule has 0 aliphatic heterocycles. The summed E-state index contributed by atoms with van der Waals surface area (Å²) >= 11 is 7.66. The second-order valence-electron chi connectivity index (χ2n) is 4.17. The average molecular weight is 287 g/mol. The van der Waals surface area contributed by atoms with E-state index in [1.807, 2.05) is 54.6 Å². The fraction of sp³-hybridized carbons (Fsp3) is 0. The van der Waals surface area contributed by atoms with Crippen LogP contribution in [0.4, 0.5) is 0 Å². The zero-order valence-corrected chi connectivity index (χ0v) is 11.6. The Balaban J connectivity index is 2.15. The highest BCUT2D eigenvalue weighted by Gasteiger charge is 2.10. The van der Waals surface area contributed by atoms with E-state index in [-0.39, 0.29) is 5.75 Å². The first-order valence-electron chi connectivity index (χ1n) is 5.89. The predicted octanol–water partition coefficient (Wildman–Crippen LogP) is 5.35. The number of phenols is 1. The van der Waals surface area contributed by atoms with Crippen molar-refractivity contribution in [1.29, 1.82) is 0 Å². The molecule has 3 aromatic rings. The minimum Gasteiger partial charge on any atom is -0.507 e. The van der Waals surface area contributed by atoms with Crippen molar-refractivity contribution < 1.29 is 5.11 Å². The Hall–Kier alpha value is -1.64. The Morgan fingerprint density at radius 2 is 1.58 bits per heavy atom. The van der Waals surface area contributed by atoms with Crippen LogP contribution in [-0.2, 0) is 0 Å². The molecule has 0 heterocycles. The number of fused-ring (bicyclic) bond motifs is 1. The van der Waals surface area contributed by atoms with E-state index in [0.29, 0.717) is 5.02 Å². The Kier molecular flexibility index (Phi) is 3.36. The van der Waals surface area contributed by atoms with Crippen LogP contribution in [-0.4, -0.2) is 5.11 Å². The first kappa shape index (κ1) is 12.4. The predicted molar refractivity (Wildman–Crippen MR) is 81.2 cm³/mol. The maximum absolute atomic E-state index is 10.1. The Bertz CT molecular complexity index is 740. The van der Waals surface area contributed by atoms with Gasteiger partial charge < -0.3 is 5.11 Å². The van der Waals surface area contributed by atoms with Gasteiger partial charge in [-0.15, -0.1) is 0 Å². The summed E-state index contributed by atoms with van der Waals surface area (Å²) < 4.78 is 0. The second kappa shape index (κ2) is 5.16. The minimum absolute atomic E-state index is 0.281. The van der Waals surface area contributed by atoms with Gasteiger partial charge in [-0.1, -0.05) is 65.8 Å². The Morgan fingerprint density at radius 1 is 0.842 bits per heavy atom. The van der Waals surface area contributed by atoms with E-state index in [0.717, 1.165) is 20.6 Å². The maximum Gasteiger partial charge on any atom is 0.130 e. The van der Waals surface area contributed by atoms with Crippen molar-refractivity contribution >= 4 is 34.1 Å². The summed E-state index contributed by atoms with van der Waals surface area (Å²) in [4.78, 5) is 1.78. The first-order chi connectivity index (χ1) is 9.25. The molecule has 0 saturated heterocycles. The van der Waals surface area contributed by atoms with Gasteiger partial charge in [0.05, 0.1) is 9.92 Å². The van der Waals surface area contributed by atoms with E-state index in [1.54, 1.807) is 6.07 Å². The van der Waals surface area contributed by atoms with Gasteiger partial charge in [-0.25, -0.2) is 0 Å². The molecule has 1 nitrogen and oxygen atoms in total. The molecule has 0 saturated carbocycles. The summed E-state index contributed by atoms with van der Waals surface area (Å²) in [5, 5.41) is 12.9. The molecule has 0 fully saturated rings. The van der Waals surface area contributed by atoms with E-state index in [2.05, 4.69) is 0 Å². The van der Waals surface area contributed by atoms with Crippen molar-refractivity contribution in [2.75, 3.05) is 0 Å². The molecule has 0 unspecified atom stereocenters. The highest BCUT2D eigenvalue weighted by atomic mass is 35.5. The molecular weight excluding hydrogens is 276 g/mol. The molecule has 3 rings (SSSR count). The van der Waals surface area contributed by atoms with Gasteiger partial charge in [0.1, 0.15) is 5.75 Å². The normalized spacial score (nSPS) is 10.8.